The molecule has 0 atom stereocenters. The number of benzene rings is 1. The number of rotatable bonds is 1. The summed E-state index contributed by atoms with van der Waals surface area (Å²) in [5, 5.41) is 1.38. The van der Waals surface area contributed by atoms with Crippen molar-refractivity contribution in [2.45, 2.75) is 39.5 Å². The van der Waals surface area contributed by atoms with E-state index in [1.165, 1.54) is 22.2 Å². The van der Waals surface area contributed by atoms with E-state index in [0.29, 0.717) is 0 Å². The Morgan fingerprint density at radius 1 is 1.13 bits per heavy atom. The molecule has 1 aromatic heterocycles. The third-order valence-electron chi connectivity index (χ3n) is 2.89. The lowest BCUT2D eigenvalue weighted by molar-refractivity contribution is 0.588. The number of aromatic amines is 1. The molecule has 0 aliphatic heterocycles. The van der Waals surface area contributed by atoms with Crippen LogP contribution in [0.4, 0.5) is 0 Å². The van der Waals surface area contributed by atoms with Crippen LogP contribution in [0.15, 0.2) is 24.3 Å². The number of fused-ring (bicyclic) bond motifs is 1. The van der Waals surface area contributed by atoms with Gasteiger partial charge in [0.1, 0.15) is 0 Å². The van der Waals surface area contributed by atoms with Crippen molar-refractivity contribution in [3.8, 4) is 0 Å². The molecule has 0 aliphatic carbocycles. The standard InChI is InChI=1S/C14H19N/c1-5-11-13(14(2,3)4)10-8-6-7-9-12(10)15-11/h6-9,15H,5H2,1-4H3. The molecule has 1 nitrogen and oxygen atoms in total. The second-order valence-corrected chi connectivity index (χ2v) is 5.13. The Labute approximate surface area is 91.5 Å². The zero-order valence-electron chi connectivity index (χ0n) is 10.0. The zero-order valence-corrected chi connectivity index (χ0v) is 10.0. The molecule has 0 saturated heterocycles. The van der Waals surface area contributed by atoms with Gasteiger partial charge in [-0.2, -0.15) is 0 Å². The van der Waals surface area contributed by atoms with Crippen LogP contribution in [0.3, 0.4) is 0 Å². The summed E-state index contributed by atoms with van der Waals surface area (Å²) in [6.45, 7) is 9.05. The number of hydrogen-bond donors (Lipinski definition) is 1. The van der Waals surface area contributed by atoms with E-state index in [9.17, 15) is 0 Å². The Morgan fingerprint density at radius 3 is 2.40 bits per heavy atom. The summed E-state index contributed by atoms with van der Waals surface area (Å²) in [4.78, 5) is 3.52. The Morgan fingerprint density at radius 2 is 1.80 bits per heavy atom. The zero-order chi connectivity index (χ0) is 11.1. The molecule has 2 aromatic rings. The van der Waals surface area contributed by atoms with Crippen molar-refractivity contribution < 1.29 is 0 Å². The minimum absolute atomic E-state index is 0.213. The van der Waals surface area contributed by atoms with Gasteiger partial charge in [-0.05, 0) is 23.5 Å². The molecular weight excluding hydrogens is 182 g/mol. The number of para-hydroxylation sites is 1. The summed E-state index contributed by atoms with van der Waals surface area (Å²) >= 11 is 0. The minimum atomic E-state index is 0.213. The highest BCUT2D eigenvalue weighted by molar-refractivity contribution is 5.85. The predicted molar refractivity (Wildman–Crippen MR) is 66.4 cm³/mol. The molecule has 1 N–H and O–H groups in total. The van der Waals surface area contributed by atoms with Crippen molar-refractivity contribution in [2.24, 2.45) is 0 Å². The van der Waals surface area contributed by atoms with Gasteiger partial charge in [0.15, 0.2) is 0 Å². The van der Waals surface area contributed by atoms with Crippen molar-refractivity contribution >= 4 is 10.9 Å². The molecule has 0 bridgehead atoms. The van der Waals surface area contributed by atoms with E-state index in [1.54, 1.807) is 0 Å². The van der Waals surface area contributed by atoms with Crippen LogP contribution in [0.1, 0.15) is 39.0 Å². The number of aryl methyl sites for hydroxylation is 1. The Balaban J connectivity index is 2.79. The summed E-state index contributed by atoms with van der Waals surface area (Å²) in [7, 11) is 0. The maximum absolute atomic E-state index is 3.52. The second kappa shape index (κ2) is 3.41. The lowest BCUT2D eigenvalue weighted by Gasteiger charge is -2.20. The van der Waals surface area contributed by atoms with Crippen LogP contribution < -0.4 is 0 Å². The first-order valence-electron chi connectivity index (χ1n) is 5.64. The Bertz CT molecular complexity index is 472. The monoisotopic (exact) mass is 201 g/mol. The summed E-state index contributed by atoms with van der Waals surface area (Å²) in [6, 6.07) is 8.57. The quantitative estimate of drug-likeness (QED) is 0.717. The molecule has 15 heavy (non-hydrogen) atoms. The number of hydrogen-bond acceptors (Lipinski definition) is 0. The Hall–Kier alpha value is -1.24. The van der Waals surface area contributed by atoms with Crippen molar-refractivity contribution in [1.82, 2.24) is 4.98 Å². The van der Waals surface area contributed by atoms with Gasteiger partial charge in [-0.3, -0.25) is 0 Å². The van der Waals surface area contributed by atoms with Gasteiger partial charge in [0.2, 0.25) is 0 Å². The van der Waals surface area contributed by atoms with Crippen molar-refractivity contribution in [1.29, 1.82) is 0 Å². The smallest absolute Gasteiger partial charge is 0.0459 e. The molecule has 1 aromatic carbocycles. The van der Waals surface area contributed by atoms with Crippen LogP contribution in [0, 0.1) is 0 Å². The normalized spacial score (nSPS) is 12.3. The molecule has 0 fully saturated rings. The maximum Gasteiger partial charge on any atom is 0.0459 e. The fourth-order valence-corrected chi connectivity index (χ4v) is 2.32. The van der Waals surface area contributed by atoms with Crippen LogP contribution >= 0.6 is 0 Å². The number of nitrogens with one attached hydrogen (secondary N) is 1. The van der Waals surface area contributed by atoms with Crippen molar-refractivity contribution in [3.63, 3.8) is 0 Å². The third kappa shape index (κ3) is 1.67. The molecular formula is C14H19N. The molecule has 1 heteroatoms. The topological polar surface area (TPSA) is 15.8 Å². The highest BCUT2D eigenvalue weighted by atomic mass is 14.7. The van der Waals surface area contributed by atoms with E-state index in [2.05, 4.69) is 56.9 Å². The molecule has 0 amide bonds. The van der Waals surface area contributed by atoms with Gasteiger partial charge in [0.05, 0.1) is 0 Å². The van der Waals surface area contributed by atoms with E-state index in [4.69, 9.17) is 0 Å². The molecule has 2 rings (SSSR count). The minimum Gasteiger partial charge on any atom is -0.358 e. The number of aromatic nitrogens is 1. The summed E-state index contributed by atoms with van der Waals surface area (Å²) in [5.41, 5.74) is 4.33. The first kappa shape index (κ1) is 10.3. The van der Waals surface area contributed by atoms with Gasteiger partial charge in [-0.25, -0.2) is 0 Å². The van der Waals surface area contributed by atoms with E-state index in [0.717, 1.165) is 6.42 Å². The van der Waals surface area contributed by atoms with E-state index in [1.807, 2.05) is 0 Å². The summed E-state index contributed by atoms with van der Waals surface area (Å²) < 4.78 is 0. The first-order valence-corrected chi connectivity index (χ1v) is 5.64. The molecule has 0 spiro atoms. The van der Waals surface area contributed by atoms with E-state index in [-0.39, 0.29) is 5.41 Å². The molecule has 80 valence electrons. The summed E-state index contributed by atoms with van der Waals surface area (Å²) in [6.07, 6.45) is 1.07. The van der Waals surface area contributed by atoms with Gasteiger partial charge in [-0.15, -0.1) is 0 Å². The highest BCUT2D eigenvalue weighted by Crippen LogP contribution is 2.33. The molecule has 0 saturated carbocycles. The van der Waals surface area contributed by atoms with Crippen LogP contribution in [0.2, 0.25) is 0 Å². The highest BCUT2D eigenvalue weighted by Gasteiger charge is 2.21. The largest absolute Gasteiger partial charge is 0.358 e. The predicted octanol–water partition coefficient (Wildman–Crippen LogP) is 4.03. The lowest BCUT2D eigenvalue weighted by Crippen LogP contribution is -2.12. The van der Waals surface area contributed by atoms with Gasteiger partial charge in [0.25, 0.3) is 0 Å². The summed E-state index contributed by atoms with van der Waals surface area (Å²) in [5.74, 6) is 0. The molecule has 0 unspecified atom stereocenters. The lowest BCUT2D eigenvalue weighted by atomic mass is 9.84. The third-order valence-corrected chi connectivity index (χ3v) is 2.89. The van der Waals surface area contributed by atoms with Crippen molar-refractivity contribution in [2.75, 3.05) is 0 Å². The number of H-pyrrole nitrogens is 1. The van der Waals surface area contributed by atoms with Gasteiger partial charge in [0, 0.05) is 16.6 Å². The maximum atomic E-state index is 3.52. The molecule has 0 aliphatic rings. The van der Waals surface area contributed by atoms with Crippen LogP contribution in [0.25, 0.3) is 10.9 Å². The fraction of sp³-hybridized carbons (Fsp3) is 0.429. The average Bonchev–Trinajstić information content (AvgIpc) is 2.54. The van der Waals surface area contributed by atoms with Gasteiger partial charge in [-0.1, -0.05) is 45.9 Å². The van der Waals surface area contributed by atoms with E-state index < -0.39 is 0 Å². The fourth-order valence-electron chi connectivity index (χ4n) is 2.32. The first-order chi connectivity index (χ1) is 7.04. The van der Waals surface area contributed by atoms with Gasteiger partial charge < -0.3 is 4.98 Å². The van der Waals surface area contributed by atoms with E-state index >= 15 is 0 Å². The van der Waals surface area contributed by atoms with Crippen LogP contribution in [-0.4, -0.2) is 4.98 Å². The second-order valence-electron chi connectivity index (χ2n) is 5.13. The van der Waals surface area contributed by atoms with Crippen LogP contribution in [-0.2, 0) is 11.8 Å². The SMILES string of the molecule is CCc1[nH]c2ccccc2c1C(C)(C)C. The Kier molecular flexibility index (Phi) is 2.34. The average molecular weight is 201 g/mol. The van der Waals surface area contributed by atoms with Crippen molar-refractivity contribution in [3.05, 3.63) is 35.5 Å². The molecule has 0 radical (unpaired) electrons. The van der Waals surface area contributed by atoms with Gasteiger partial charge >= 0.3 is 0 Å². The molecule has 1 heterocycles. The van der Waals surface area contributed by atoms with Crippen LogP contribution in [0.5, 0.6) is 0 Å².